The van der Waals surface area contributed by atoms with Crippen molar-refractivity contribution in [1.82, 2.24) is 14.9 Å². The third-order valence-electron chi connectivity index (χ3n) is 3.31. The van der Waals surface area contributed by atoms with E-state index < -0.39 is 10.0 Å². The van der Waals surface area contributed by atoms with Gasteiger partial charge in [0.25, 0.3) is 0 Å². The Balaban J connectivity index is 1.73. The van der Waals surface area contributed by atoms with Crippen molar-refractivity contribution in [3.63, 3.8) is 0 Å². The molecule has 1 aromatic rings. The summed E-state index contributed by atoms with van der Waals surface area (Å²) >= 11 is 1.75. The Bertz CT molecular complexity index is 595. The molecule has 1 aliphatic rings. The van der Waals surface area contributed by atoms with E-state index in [2.05, 4.69) is 34.7 Å². The minimum Gasteiger partial charge on any atom is -0.355 e. The fraction of sp³-hybridized carbons (Fsp3) is 0.615. The molecular formula is C13H22N4O2S2. The summed E-state index contributed by atoms with van der Waals surface area (Å²) in [6, 6.07) is 4.19. The van der Waals surface area contributed by atoms with E-state index in [1.165, 1.54) is 14.1 Å². The maximum Gasteiger partial charge on any atom is 0.214 e. The van der Waals surface area contributed by atoms with Gasteiger partial charge in [-0.05, 0) is 25.5 Å². The summed E-state index contributed by atoms with van der Waals surface area (Å²) in [4.78, 5) is 6.68. The van der Waals surface area contributed by atoms with Gasteiger partial charge in [-0.3, -0.25) is 4.99 Å². The third-order valence-corrected chi connectivity index (χ3v) is 6.26. The van der Waals surface area contributed by atoms with Crippen LogP contribution in [0.15, 0.2) is 17.1 Å². The Kier molecular flexibility index (Phi) is 5.60. The van der Waals surface area contributed by atoms with Gasteiger partial charge in [-0.1, -0.05) is 0 Å². The molecule has 1 aromatic heterocycles. The van der Waals surface area contributed by atoms with Crippen molar-refractivity contribution in [3.05, 3.63) is 21.9 Å². The van der Waals surface area contributed by atoms with Gasteiger partial charge in [0, 0.05) is 36.4 Å². The minimum absolute atomic E-state index is 0.275. The number of guanidine groups is 1. The van der Waals surface area contributed by atoms with E-state index in [9.17, 15) is 8.42 Å². The van der Waals surface area contributed by atoms with E-state index >= 15 is 0 Å². The van der Waals surface area contributed by atoms with Crippen LogP contribution in [0.3, 0.4) is 0 Å². The quantitative estimate of drug-likeness (QED) is 0.617. The Morgan fingerprint density at radius 1 is 1.43 bits per heavy atom. The summed E-state index contributed by atoms with van der Waals surface area (Å²) < 4.78 is 24.9. The molecule has 0 aromatic carbocycles. The summed E-state index contributed by atoms with van der Waals surface area (Å²) in [5.74, 6) is 0.968. The van der Waals surface area contributed by atoms with Crippen molar-refractivity contribution in [2.75, 3.05) is 32.4 Å². The Morgan fingerprint density at radius 2 is 2.24 bits per heavy atom. The second-order valence-corrected chi connectivity index (χ2v) is 8.39. The highest BCUT2D eigenvalue weighted by Gasteiger charge is 2.27. The van der Waals surface area contributed by atoms with E-state index in [-0.39, 0.29) is 5.75 Å². The first kappa shape index (κ1) is 16.3. The molecule has 118 valence electrons. The number of nitrogens with zero attached hydrogens (tertiary/aromatic N) is 2. The molecule has 0 atom stereocenters. The number of rotatable bonds is 5. The number of aliphatic imine (C=N–C) groups is 1. The van der Waals surface area contributed by atoms with Gasteiger partial charge in [-0.15, -0.1) is 11.3 Å². The Morgan fingerprint density at radius 3 is 2.81 bits per heavy atom. The van der Waals surface area contributed by atoms with Crippen molar-refractivity contribution in [1.29, 1.82) is 0 Å². The zero-order valence-corrected chi connectivity index (χ0v) is 14.1. The van der Waals surface area contributed by atoms with E-state index in [0.717, 1.165) is 13.0 Å². The predicted molar refractivity (Wildman–Crippen MR) is 87.2 cm³/mol. The average molecular weight is 330 g/mol. The predicted octanol–water partition coefficient (Wildman–Crippen LogP) is 0.757. The van der Waals surface area contributed by atoms with Gasteiger partial charge < -0.3 is 10.6 Å². The molecule has 1 aliphatic heterocycles. The molecule has 2 heterocycles. The lowest BCUT2D eigenvalue weighted by molar-refractivity contribution is 0.445. The van der Waals surface area contributed by atoms with Gasteiger partial charge in [0.2, 0.25) is 10.0 Å². The van der Waals surface area contributed by atoms with Crippen molar-refractivity contribution in [2.24, 2.45) is 4.99 Å². The molecule has 0 bridgehead atoms. The van der Waals surface area contributed by atoms with Crippen molar-refractivity contribution in [3.8, 4) is 0 Å². The van der Waals surface area contributed by atoms with E-state index in [4.69, 9.17) is 0 Å². The molecule has 2 rings (SSSR count). The fourth-order valence-corrected chi connectivity index (χ4v) is 4.57. The van der Waals surface area contributed by atoms with Crippen LogP contribution in [-0.2, 0) is 16.6 Å². The van der Waals surface area contributed by atoms with Crippen LogP contribution in [0.5, 0.6) is 0 Å². The van der Waals surface area contributed by atoms with Crippen LogP contribution in [0.4, 0.5) is 0 Å². The molecule has 1 fully saturated rings. The molecule has 2 N–H and O–H groups in total. The first-order valence-electron chi connectivity index (χ1n) is 6.99. The van der Waals surface area contributed by atoms with Crippen LogP contribution in [0.2, 0.25) is 0 Å². The SMILES string of the molecule is CN=C(NCCN1CCCS1(=O)=O)NCc1ccc(C)s1. The lowest BCUT2D eigenvalue weighted by Crippen LogP contribution is -2.41. The monoisotopic (exact) mass is 330 g/mol. The molecule has 0 aliphatic carbocycles. The lowest BCUT2D eigenvalue weighted by atomic mass is 10.4. The Labute approximate surface area is 130 Å². The summed E-state index contributed by atoms with van der Waals surface area (Å²) in [5, 5.41) is 6.38. The van der Waals surface area contributed by atoms with E-state index in [1.54, 1.807) is 18.4 Å². The maximum absolute atomic E-state index is 11.7. The number of aryl methyl sites for hydroxylation is 1. The third kappa shape index (κ3) is 4.69. The van der Waals surface area contributed by atoms with Crippen molar-refractivity contribution in [2.45, 2.75) is 19.9 Å². The molecule has 0 unspecified atom stereocenters. The van der Waals surface area contributed by atoms with Gasteiger partial charge in [0.05, 0.1) is 12.3 Å². The average Bonchev–Trinajstić information content (AvgIpc) is 2.99. The van der Waals surface area contributed by atoms with Crippen LogP contribution < -0.4 is 10.6 Å². The Hall–Kier alpha value is -1.12. The highest BCUT2D eigenvalue weighted by atomic mass is 32.2. The molecule has 21 heavy (non-hydrogen) atoms. The fourth-order valence-electron chi connectivity index (χ4n) is 2.21. The molecule has 0 radical (unpaired) electrons. The molecule has 0 amide bonds. The second-order valence-electron chi connectivity index (χ2n) is 4.93. The van der Waals surface area contributed by atoms with Crippen LogP contribution in [0.1, 0.15) is 16.2 Å². The topological polar surface area (TPSA) is 73.8 Å². The first-order chi connectivity index (χ1) is 10.0. The molecule has 6 nitrogen and oxygen atoms in total. The van der Waals surface area contributed by atoms with E-state index in [0.29, 0.717) is 25.6 Å². The summed E-state index contributed by atoms with van der Waals surface area (Å²) in [7, 11) is -1.30. The van der Waals surface area contributed by atoms with Gasteiger partial charge in [-0.25, -0.2) is 12.7 Å². The number of nitrogens with one attached hydrogen (secondary N) is 2. The highest BCUT2D eigenvalue weighted by molar-refractivity contribution is 7.89. The zero-order valence-electron chi connectivity index (χ0n) is 12.4. The number of hydrogen-bond donors (Lipinski definition) is 2. The normalized spacial score (nSPS) is 18.9. The molecule has 8 heteroatoms. The van der Waals surface area contributed by atoms with E-state index in [1.807, 2.05) is 0 Å². The summed E-state index contributed by atoms with van der Waals surface area (Å²) in [5.41, 5.74) is 0. The maximum atomic E-state index is 11.7. The van der Waals surface area contributed by atoms with Crippen LogP contribution >= 0.6 is 11.3 Å². The van der Waals surface area contributed by atoms with Crippen LogP contribution in [-0.4, -0.2) is 51.1 Å². The summed E-state index contributed by atoms with van der Waals surface area (Å²) in [6.07, 6.45) is 0.729. The summed E-state index contributed by atoms with van der Waals surface area (Å²) in [6.45, 7) is 4.48. The van der Waals surface area contributed by atoms with Gasteiger partial charge in [-0.2, -0.15) is 0 Å². The molecule has 0 saturated carbocycles. The number of sulfonamides is 1. The smallest absolute Gasteiger partial charge is 0.214 e. The van der Waals surface area contributed by atoms with Gasteiger partial charge >= 0.3 is 0 Å². The molecule has 1 saturated heterocycles. The highest BCUT2D eigenvalue weighted by Crippen LogP contribution is 2.14. The van der Waals surface area contributed by atoms with Crippen molar-refractivity contribution < 1.29 is 8.42 Å². The van der Waals surface area contributed by atoms with Crippen LogP contribution in [0, 0.1) is 6.92 Å². The first-order valence-corrected chi connectivity index (χ1v) is 9.41. The largest absolute Gasteiger partial charge is 0.355 e. The standard InChI is InChI=1S/C13H22N4O2S2/c1-11-4-5-12(20-11)10-16-13(14-2)15-6-8-17-7-3-9-21(17,18)19/h4-5H,3,6-10H2,1-2H3,(H2,14,15,16). The van der Waals surface area contributed by atoms with Gasteiger partial charge in [0.1, 0.15) is 0 Å². The minimum atomic E-state index is -3.01. The number of thiophene rings is 1. The number of hydrogen-bond acceptors (Lipinski definition) is 4. The zero-order chi connectivity index (χ0) is 15.3. The van der Waals surface area contributed by atoms with Crippen molar-refractivity contribution >= 4 is 27.3 Å². The lowest BCUT2D eigenvalue weighted by Gasteiger charge is -2.16. The second kappa shape index (κ2) is 7.24. The molecular weight excluding hydrogens is 308 g/mol. The van der Waals surface area contributed by atoms with Crippen LogP contribution in [0.25, 0.3) is 0 Å². The molecule has 0 spiro atoms. The van der Waals surface area contributed by atoms with Gasteiger partial charge in [0.15, 0.2) is 5.96 Å².